The first kappa shape index (κ1) is 17.4. The monoisotopic (exact) mass is 340 g/mol. The van der Waals surface area contributed by atoms with Gasteiger partial charge in [-0.15, -0.1) is 0 Å². The first-order chi connectivity index (χ1) is 12.2. The number of carbonyl (C=O) groups is 1. The Bertz CT molecular complexity index is 700. The highest BCUT2D eigenvalue weighted by Gasteiger charge is 2.23. The number of rotatable bonds is 5. The summed E-state index contributed by atoms with van der Waals surface area (Å²) < 4.78 is 5.06. The summed E-state index contributed by atoms with van der Waals surface area (Å²) in [5.41, 5.74) is 2.77. The minimum absolute atomic E-state index is 0.318. The molecule has 2 aromatic heterocycles. The summed E-state index contributed by atoms with van der Waals surface area (Å²) in [5.74, 6) is -0.318. The summed E-state index contributed by atoms with van der Waals surface area (Å²) in [5, 5.41) is 0. The van der Waals surface area contributed by atoms with Crippen LogP contribution >= 0.6 is 0 Å². The molecule has 2 aromatic rings. The Balaban J connectivity index is 1.62. The highest BCUT2D eigenvalue weighted by Crippen LogP contribution is 2.23. The zero-order valence-electron chi connectivity index (χ0n) is 14.8. The molecule has 0 N–H and O–H groups in total. The fourth-order valence-corrected chi connectivity index (χ4v) is 3.15. The van der Waals surface area contributed by atoms with Gasteiger partial charge in [0.1, 0.15) is 0 Å². The average Bonchev–Trinajstić information content (AvgIpc) is 2.68. The van der Waals surface area contributed by atoms with E-state index in [1.807, 2.05) is 24.7 Å². The van der Waals surface area contributed by atoms with E-state index in [2.05, 4.69) is 38.8 Å². The molecule has 1 aliphatic heterocycles. The Morgan fingerprint density at radius 3 is 2.56 bits per heavy atom. The van der Waals surface area contributed by atoms with Crippen LogP contribution < -0.4 is 4.90 Å². The van der Waals surface area contributed by atoms with Crippen LogP contribution in [-0.4, -0.2) is 53.6 Å². The Kier molecular flexibility index (Phi) is 5.60. The van der Waals surface area contributed by atoms with Gasteiger partial charge in [0.2, 0.25) is 0 Å². The fourth-order valence-electron chi connectivity index (χ4n) is 3.15. The lowest BCUT2D eigenvalue weighted by Crippen LogP contribution is -2.47. The fraction of sp³-hybridized carbons (Fsp3) is 0.421. The summed E-state index contributed by atoms with van der Waals surface area (Å²) >= 11 is 0. The standard InChI is InChI=1S/C19H24N4O2/c1-3-25-19(24)17-12-18(14-21-13-17)23-10-8-22(9-11-23)15(2)16-4-6-20-7-5-16/h4-7,12-15H,3,8-11H2,1-2H3. The van der Waals surface area contributed by atoms with E-state index >= 15 is 0 Å². The van der Waals surface area contributed by atoms with E-state index in [-0.39, 0.29) is 5.97 Å². The smallest absolute Gasteiger partial charge is 0.339 e. The number of carbonyl (C=O) groups excluding carboxylic acids is 1. The molecule has 1 unspecified atom stereocenters. The van der Waals surface area contributed by atoms with Crippen LogP contribution in [0.1, 0.15) is 35.8 Å². The summed E-state index contributed by atoms with van der Waals surface area (Å²) in [6, 6.07) is 6.38. The summed E-state index contributed by atoms with van der Waals surface area (Å²) in [6.07, 6.45) is 7.05. The van der Waals surface area contributed by atoms with Gasteiger partial charge in [0.25, 0.3) is 0 Å². The molecule has 132 valence electrons. The molecule has 1 fully saturated rings. The molecule has 6 heteroatoms. The van der Waals surface area contributed by atoms with Gasteiger partial charge in [-0.2, -0.15) is 0 Å². The van der Waals surface area contributed by atoms with Crippen molar-refractivity contribution in [1.29, 1.82) is 0 Å². The molecule has 0 radical (unpaired) electrons. The lowest BCUT2D eigenvalue weighted by atomic mass is 10.1. The largest absolute Gasteiger partial charge is 0.462 e. The van der Waals surface area contributed by atoms with Gasteiger partial charge in [-0.05, 0) is 37.6 Å². The lowest BCUT2D eigenvalue weighted by molar-refractivity contribution is 0.0526. The third-order valence-corrected chi connectivity index (χ3v) is 4.65. The van der Waals surface area contributed by atoms with E-state index in [0.717, 1.165) is 31.9 Å². The van der Waals surface area contributed by atoms with Gasteiger partial charge in [0.15, 0.2) is 0 Å². The molecule has 1 aliphatic rings. The Morgan fingerprint density at radius 2 is 1.88 bits per heavy atom. The molecule has 6 nitrogen and oxygen atoms in total. The molecule has 1 atom stereocenters. The van der Waals surface area contributed by atoms with Gasteiger partial charge in [-0.25, -0.2) is 4.79 Å². The van der Waals surface area contributed by atoms with Crippen LogP contribution in [0.4, 0.5) is 5.69 Å². The van der Waals surface area contributed by atoms with Crippen LogP contribution in [0, 0.1) is 0 Å². The number of ether oxygens (including phenoxy) is 1. The Labute approximate surface area is 148 Å². The maximum Gasteiger partial charge on any atom is 0.339 e. The van der Waals surface area contributed by atoms with Gasteiger partial charge in [0.05, 0.1) is 24.1 Å². The minimum atomic E-state index is -0.318. The van der Waals surface area contributed by atoms with Crippen LogP contribution in [0.25, 0.3) is 0 Å². The maximum absolute atomic E-state index is 11.9. The Hall–Kier alpha value is -2.47. The van der Waals surface area contributed by atoms with Crippen LogP contribution in [-0.2, 0) is 4.74 Å². The second kappa shape index (κ2) is 8.07. The molecule has 0 amide bonds. The van der Waals surface area contributed by atoms with E-state index in [1.165, 1.54) is 5.56 Å². The highest BCUT2D eigenvalue weighted by atomic mass is 16.5. The van der Waals surface area contributed by atoms with E-state index in [9.17, 15) is 4.79 Å². The van der Waals surface area contributed by atoms with Crippen molar-refractivity contribution in [1.82, 2.24) is 14.9 Å². The Morgan fingerprint density at radius 1 is 1.16 bits per heavy atom. The first-order valence-corrected chi connectivity index (χ1v) is 8.70. The molecule has 0 aliphatic carbocycles. The molecule has 25 heavy (non-hydrogen) atoms. The van der Waals surface area contributed by atoms with Gasteiger partial charge < -0.3 is 9.64 Å². The van der Waals surface area contributed by atoms with Crippen molar-refractivity contribution < 1.29 is 9.53 Å². The van der Waals surface area contributed by atoms with Gasteiger partial charge >= 0.3 is 5.97 Å². The number of nitrogens with zero attached hydrogens (tertiary/aromatic N) is 4. The van der Waals surface area contributed by atoms with Crippen LogP contribution in [0.2, 0.25) is 0 Å². The number of hydrogen-bond acceptors (Lipinski definition) is 6. The number of aromatic nitrogens is 2. The van der Waals surface area contributed by atoms with Crippen LogP contribution in [0.3, 0.4) is 0 Å². The minimum Gasteiger partial charge on any atom is -0.462 e. The van der Waals surface area contributed by atoms with E-state index in [0.29, 0.717) is 18.2 Å². The number of hydrogen-bond donors (Lipinski definition) is 0. The highest BCUT2D eigenvalue weighted by molar-refractivity contribution is 5.90. The quantitative estimate of drug-likeness (QED) is 0.780. The van der Waals surface area contributed by atoms with Gasteiger partial charge in [-0.3, -0.25) is 14.9 Å². The maximum atomic E-state index is 11.9. The molecular weight excluding hydrogens is 316 g/mol. The van der Waals surface area contributed by atoms with Gasteiger partial charge in [-0.1, -0.05) is 0 Å². The van der Waals surface area contributed by atoms with E-state index < -0.39 is 0 Å². The normalized spacial score (nSPS) is 16.5. The van der Waals surface area contributed by atoms with Crippen molar-refractivity contribution in [3.05, 3.63) is 54.1 Å². The predicted octanol–water partition coefficient (Wildman–Crippen LogP) is 2.54. The van der Waals surface area contributed by atoms with Crippen molar-refractivity contribution in [3.63, 3.8) is 0 Å². The van der Waals surface area contributed by atoms with Crippen LogP contribution in [0.5, 0.6) is 0 Å². The zero-order valence-corrected chi connectivity index (χ0v) is 14.8. The SMILES string of the molecule is CCOC(=O)c1cncc(N2CCN(C(C)c3ccncc3)CC2)c1. The number of piperazine rings is 1. The third kappa shape index (κ3) is 4.14. The second-order valence-electron chi connectivity index (χ2n) is 6.13. The van der Waals surface area contributed by atoms with Crippen molar-refractivity contribution >= 4 is 11.7 Å². The summed E-state index contributed by atoms with van der Waals surface area (Å²) in [7, 11) is 0. The van der Waals surface area contributed by atoms with Crippen molar-refractivity contribution in [3.8, 4) is 0 Å². The molecule has 0 spiro atoms. The van der Waals surface area contributed by atoms with Crippen LogP contribution in [0.15, 0.2) is 43.0 Å². The third-order valence-electron chi connectivity index (χ3n) is 4.65. The molecule has 0 bridgehead atoms. The summed E-state index contributed by atoms with van der Waals surface area (Å²) in [4.78, 5) is 24.9. The predicted molar refractivity (Wildman–Crippen MR) is 96.6 cm³/mol. The number of pyridine rings is 2. The molecule has 1 saturated heterocycles. The van der Waals surface area contributed by atoms with E-state index in [1.54, 1.807) is 13.1 Å². The average molecular weight is 340 g/mol. The molecular formula is C19H24N4O2. The van der Waals surface area contributed by atoms with Crippen molar-refractivity contribution in [2.24, 2.45) is 0 Å². The van der Waals surface area contributed by atoms with Crippen molar-refractivity contribution in [2.45, 2.75) is 19.9 Å². The van der Waals surface area contributed by atoms with E-state index in [4.69, 9.17) is 4.74 Å². The first-order valence-electron chi connectivity index (χ1n) is 8.70. The summed E-state index contributed by atoms with van der Waals surface area (Å²) in [6.45, 7) is 8.15. The molecule has 3 rings (SSSR count). The molecule has 0 aromatic carbocycles. The zero-order chi connectivity index (χ0) is 17.6. The van der Waals surface area contributed by atoms with Crippen molar-refractivity contribution in [2.75, 3.05) is 37.7 Å². The van der Waals surface area contributed by atoms with Gasteiger partial charge in [0, 0.05) is 50.8 Å². The number of esters is 1. The second-order valence-corrected chi connectivity index (χ2v) is 6.13. The number of anilines is 1. The molecule has 0 saturated carbocycles. The topological polar surface area (TPSA) is 58.6 Å². The molecule has 3 heterocycles. The lowest BCUT2D eigenvalue weighted by Gasteiger charge is -2.39.